The molecule has 0 spiro atoms. The maximum absolute atomic E-state index is 13.2. The second-order valence-corrected chi connectivity index (χ2v) is 6.57. The summed E-state index contributed by atoms with van der Waals surface area (Å²) in [6.45, 7) is 1.34. The molecule has 0 radical (unpaired) electrons. The highest BCUT2D eigenvalue weighted by molar-refractivity contribution is 7.89. The van der Waals surface area contributed by atoms with E-state index in [0.29, 0.717) is 10.9 Å². The molecule has 0 unspecified atom stereocenters. The normalized spacial score (nSPS) is 12.2. The van der Waals surface area contributed by atoms with E-state index in [0.717, 1.165) is 4.31 Å². The number of furan rings is 1. The van der Waals surface area contributed by atoms with E-state index in [9.17, 15) is 17.6 Å². The number of aryl methyl sites for hydroxylation is 1. The van der Waals surface area contributed by atoms with Gasteiger partial charge < -0.3 is 9.52 Å². The summed E-state index contributed by atoms with van der Waals surface area (Å²) in [5.41, 5.74) is 0.561. The molecule has 0 aliphatic carbocycles. The van der Waals surface area contributed by atoms with Crippen LogP contribution in [0.4, 0.5) is 4.39 Å². The lowest BCUT2D eigenvalue weighted by Gasteiger charge is -2.14. The van der Waals surface area contributed by atoms with Crippen LogP contribution in [0.25, 0.3) is 11.0 Å². The molecule has 1 heterocycles. The molecular weight excluding hydrogens is 301 g/mol. The van der Waals surface area contributed by atoms with Crippen molar-refractivity contribution >= 4 is 27.0 Å². The van der Waals surface area contributed by atoms with Crippen molar-refractivity contribution in [1.29, 1.82) is 0 Å². The van der Waals surface area contributed by atoms with Gasteiger partial charge in [-0.15, -0.1) is 0 Å². The Morgan fingerprint density at radius 3 is 2.71 bits per heavy atom. The third-order valence-electron chi connectivity index (χ3n) is 3.14. The highest BCUT2D eigenvalue weighted by atomic mass is 32.2. The number of sulfonamides is 1. The van der Waals surface area contributed by atoms with Gasteiger partial charge in [0.25, 0.3) is 10.0 Å². The van der Waals surface area contributed by atoms with Crippen LogP contribution in [0.3, 0.4) is 0 Å². The molecule has 21 heavy (non-hydrogen) atoms. The van der Waals surface area contributed by atoms with Crippen LogP contribution >= 0.6 is 0 Å². The second kappa shape index (κ2) is 5.45. The molecule has 2 rings (SSSR count). The highest BCUT2D eigenvalue weighted by Gasteiger charge is 2.28. The van der Waals surface area contributed by atoms with Crippen molar-refractivity contribution in [3.63, 3.8) is 0 Å². The number of carboxylic acids is 1. The maximum Gasteiger partial charge on any atom is 0.304 e. The number of carbonyl (C=O) groups is 1. The van der Waals surface area contributed by atoms with Gasteiger partial charge >= 0.3 is 5.97 Å². The smallest absolute Gasteiger partial charge is 0.304 e. The average Bonchev–Trinajstić information content (AvgIpc) is 2.73. The minimum Gasteiger partial charge on any atom is -0.481 e. The fraction of sp³-hybridized carbons (Fsp3) is 0.308. The Balaban J connectivity index is 2.45. The Kier molecular flexibility index (Phi) is 4.02. The number of nitrogens with zero attached hydrogens (tertiary/aromatic N) is 1. The first-order chi connectivity index (χ1) is 9.73. The van der Waals surface area contributed by atoms with E-state index in [1.807, 2.05) is 0 Å². The molecule has 0 atom stereocenters. The molecule has 0 amide bonds. The Labute approximate surface area is 120 Å². The summed E-state index contributed by atoms with van der Waals surface area (Å²) in [6, 6.07) is 3.73. The number of fused-ring (bicyclic) bond motifs is 1. The summed E-state index contributed by atoms with van der Waals surface area (Å²) in [5.74, 6) is -1.59. The Bertz CT molecular complexity index is 796. The van der Waals surface area contributed by atoms with Crippen LogP contribution in [0.5, 0.6) is 0 Å². The molecule has 0 saturated heterocycles. The van der Waals surface area contributed by atoms with Crippen LogP contribution in [0.1, 0.15) is 12.0 Å². The number of carboxylic acid groups (broad SMARTS) is 1. The van der Waals surface area contributed by atoms with Crippen molar-refractivity contribution in [2.45, 2.75) is 18.4 Å². The molecule has 0 aliphatic heterocycles. The van der Waals surface area contributed by atoms with Gasteiger partial charge in [0.2, 0.25) is 5.09 Å². The summed E-state index contributed by atoms with van der Waals surface area (Å²) in [7, 11) is -2.69. The van der Waals surface area contributed by atoms with Gasteiger partial charge in [0.15, 0.2) is 0 Å². The first-order valence-electron chi connectivity index (χ1n) is 6.10. The van der Waals surface area contributed by atoms with Crippen molar-refractivity contribution in [2.24, 2.45) is 0 Å². The molecule has 0 bridgehead atoms. The van der Waals surface area contributed by atoms with Crippen molar-refractivity contribution in [1.82, 2.24) is 4.31 Å². The number of hydrogen-bond acceptors (Lipinski definition) is 4. The molecule has 1 aromatic carbocycles. The van der Waals surface area contributed by atoms with Crippen LogP contribution in [0.15, 0.2) is 27.7 Å². The number of halogens is 1. The maximum atomic E-state index is 13.2. The SMILES string of the molecule is Cc1c(S(=O)(=O)N(C)CCC(=O)O)oc2ccc(F)cc12. The number of aliphatic carboxylic acids is 1. The minimum absolute atomic E-state index is 0.178. The first-order valence-corrected chi connectivity index (χ1v) is 7.54. The topological polar surface area (TPSA) is 87.8 Å². The highest BCUT2D eigenvalue weighted by Crippen LogP contribution is 2.30. The molecule has 0 fully saturated rings. The first kappa shape index (κ1) is 15.5. The zero-order valence-electron chi connectivity index (χ0n) is 11.5. The number of rotatable bonds is 5. The predicted octanol–water partition coefficient (Wildman–Crippen LogP) is 1.98. The number of benzene rings is 1. The molecule has 0 saturated carbocycles. The fourth-order valence-corrected chi connectivity index (χ4v) is 3.24. The van der Waals surface area contributed by atoms with E-state index in [1.54, 1.807) is 0 Å². The van der Waals surface area contributed by atoms with Gasteiger partial charge in [-0.1, -0.05) is 0 Å². The zero-order valence-corrected chi connectivity index (χ0v) is 12.3. The molecule has 6 nitrogen and oxygen atoms in total. The Morgan fingerprint density at radius 1 is 1.43 bits per heavy atom. The van der Waals surface area contributed by atoms with Crippen molar-refractivity contribution in [3.05, 3.63) is 29.6 Å². The third-order valence-corrected chi connectivity index (χ3v) is 5.00. The van der Waals surface area contributed by atoms with Crippen LogP contribution in [-0.2, 0) is 14.8 Å². The van der Waals surface area contributed by atoms with Crippen LogP contribution < -0.4 is 0 Å². The van der Waals surface area contributed by atoms with Crippen LogP contribution in [0.2, 0.25) is 0 Å². The van der Waals surface area contributed by atoms with E-state index in [1.165, 1.54) is 32.2 Å². The van der Waals surface area contributed by atoms with E-state index >= 15 is 0 Å². The van der Waals surface area contributed by atoms with E-state index in [4.69, 9.17) is 9.52 Å². The average molecular weight is 315 g/mol. The summed E-state index contributed by atoms with van der Waals surface area (Å²) in [5, 5.41) is 8.69. The van der Waals surface area contributed by atoms with Crippen LogP contribution in [0, 0.1) is 12.7 Å². The largest absolute Gasteiger partial charge is 0.481 e. The molecule has 2 aromatic rings. The van der Waals surface area contributed by atoms with E-state index < -0.39 is 21.8 Å². The second-order valence-electron chi connectivity index (χ2n) is 4.63. The number of hydrogen-bond donors (Lipinski definition) is 1. The Morgan fingerprint density at radius 2 is 2.10 bits per heavy atom. The molecule has 0 aliphatic rings. The molecule has 114 valence electrons. The minimum atomic E-state index is -3.96. The lowest BCUT2D eigenvalue weighted by atomic mass is 10.2. The molecule has 8 heteroatoms. The summed E-state index contributed by atoms with van der Waals surface area (Å²) in [4.78, 5) is 10.5. The zero-order chi connectivity index (χ0) is 15.8. The third kappa shape index (κ3) is 2.91. The van der Waals surface area contributed by atoms with Gasteiger partial charge in [0.1, 0.15) is 11.4 Å². The summed E-state index contributed by atoms with van der Waals surface area (Å²) < 4.78 is 44.2. The van der Waals surface area contributed by atoms with Gasteiger partial charge in [-0.25, -0.2) is 12.8 Å². The van der Waals surface area contributed by atoms with Crippen molar-refractivity contribution in [3.8, 4) is 0 Å². The quantitative estimate of drug-likeness (QED) is 0.911. The van der Waals surface area contributed by atoms with Crippen molar-refractivity contribution < 1.29 is 27.1 Å². The molecule has 1 N–H and O–H groups in total. The van der Waals surface area contributed by atoms with E-state index in [2.05, 4.69) is 0 Å². The molecule has 1 aromatic heterocycles. The van der Waals surface area contributed by atoms with E-state index in [-0.39, 0.29) is 23.6 Å². The van der Waals surface area contributed by atoms with Gasteiger partial charge in [-0.2, -0.15) is 4.31 Å². The van der Waals surface area contributed by atoms with Crippen molar-refractivity contribution in [2.75, 3.05) is 13.6 Å². The lowest BCUT2D eigenvalue weighted by Crippen LogP contribution is -2.29. The van der Waals surface area contributed by atoms with Gasteiger partial charge in [0.05, 0.1) is 6.42 Å². The standard InChI is InChI=1S/C13H14FNO5S/c1-8-10-7-9(14)3-4-11(10)20-13(8)21(18,19)15(2)6-5-12(16)17/h3-4,7H,5-6H2,1-2H3,(H,16,17). The summed E-state index contributed by atoms with van der Waals surface area (Å²) >= 11 is 0. The summed E-state index contributed by atoms with van der Waals surface area (Å²) in [6.07, 6.45) is -0.316. The van der Waals surface area contributed by atoms with Gasteiger partial charge in [0, 0.05) is 24.5 Å². The molecular formula is C13H14FNO5S. The van der Waals surface area contributed by atoms with Gasteiger partial charge in [-0.05, 0) is 25.1 Å². The fourth-order valence-electron chi connectivity index (χ4n) is 1.93. The predicted molar refractivity (Wildman–Crippen MR) is 73.0 cm³/mol. The van der Waals surface area contributed by atoms with Crippen LogP contribution in [-0.4, -0.2) is 37.4 Å². The Hall–Kier alpha value is -1.93. The monoisotopic (exact) mass is 315 g/mol. The van der Waals surface area contributed by atoms with Gasteiger partial charge in [-0.3, -0.25) is 4.79 Å². The lowest BCUT2D eigenvalue weighted by molar-refractivity contribution is -0.137.